The van der Waals surface area contributed by atoms with Crippen molar-refractivity contribution in [2.75, 3.05) is 13.2 Å². The van der Waals surface area contributed by atoms with E-state index in [1.54, 1.807) is 6.92 Å². The number of benzene rings is 1. The average Bonchev–Trinajstić information content (AvgIpc) is 2.80. The van der Waals surface area contributed by atoms with Gasteiger partial charge in [-0.25, -0.2) is 4.39 Å². The molecule has 2 atom stereocenters. The van der Waals surface area contributed by atoms with E-state index in [0.29, 0.717) is 30.0 Å². The fourth-order valence-electron chi connectivity index (χ4n) is 2.47. The zero-order valence-electron chi connectivity index (χ0n) is 11.5. The molecule has 1 aromatic carbocycles. The molecule has 6 heteroatoms. The lowest BCUT2D eigenvalue weighted by Gasteiger charge is -2.21. The van der Waals surface area contributed by atoms with Crippen molar-refractivity contribution < 1.29 is 13.9 Å². The maximum absolute atomic E-state index is 14.4. The van der Waals surface area contributed by atoms with Crippen molar-refractivity contribution in [1.82, 2.24) is 5.32 Å². The van der Waals surface area contributed by atoms with E-state index in [1.165, 1.54) is 6.07 Å². The molecule has 2 rings (SSSR count). The van der Waals surface area contributed by atoms with E-state index in [2.05, 4.69) is 5.32 Å². The van der Waals surface area contributed by atoms with Crippen molar-refractivity contribution in [2.24, 2.45) is 5.73 Å². The predicted octanol–water partition coefficient (Wildman–Crippen LogP) is 2.50. The molecule has 2 unspecified atom stereocenters. The van der Waals surface area contributed by atoms with Gasteiger partial charge < -0.3 is 15.8 Å². The number of rotatable bonds is 4. The quantitative estimate of drug-likeness (QED) is 0.898. The Labute approximate surface area is 122 Å². The first kappa shape index (κ1) is 15.1. The Kier molecular flexibility index (Phi) is 4.50. The normalized spacial score (nSPS) is 19.9. The van der Waals surface area contributed by atoms with Crippen molar-refractivity contribution in [3.05, 3.63) is 28.0 Å². The molecule has 1 saturated heterocycles. The molecule has 0 bridgehead atoms. The zero-order valence-corrected chi connectivity index (χ0v) is 12.3. The van der Waals surface area contributed by atoms with Gasteiger partial charge in [-0.15, -0.1) is 0 Å². The summed E-state index contributed by atoms with van der Waals surface area (Å²) in [6.07, 6.45) is 0.232. The first-order valence-corrected chi connectivity index (χ1v) is 7.00. The summed E-state index contributed by atoms with van der Waals surface area (Å²) in [6, 6.07) is 1.17. The van der Waals surface area contributed by atoms with Gasteiger partial charge in [-0.05, 0) is 19.9 Å². The van der Waals surface area contributed by atoms with Gasteiger partial charge in [0.05, 0.1) is 11.6 Å². The lowest BCUT2D eigenvalue weighted by molar-refractivity contribution is -0.119. The lowest BCUT2D eigenvalue weighted by atomic mass is 9.92. The number of halogens is 2. The Bertz CT molecular complexity index is 534. The van der Waals surface area contributed by atoms with Gasteiger partial charge in [0.15, 0.2) is 0 Å². The Balaban J connectivity index is 2.59. The van der Waals surface area contributed by atoms with E-state index in [0.717, 1.165) is 0 Å². The maximum atomic E-state index is 14.4. The third-order valence-corrected chi connectivity index (χ3v) is 3.68. The molecule has 1 aliphatic rings. The molecule has 110 valence electrons. The van der Waals surface area contributed by atoms with Crippen molar-refractivity contribution in [1.29, 1.82) is 0 Å². The van der Waals surface area contributed by atoms with Crippen LogP contribution in [0.1, 0.15) is 43.4 Å². The van der Waals surface area contributed by atoms with E-state index in [4.69, 9.17) is 22.1 Å². The minimum atomic E-state index is -0.527. The third-order valence-electron chi connectivity index (χ3n) is 3.40. The van der Waals surface area contributed by atoms with E-state index in [1.807, 2.05) is 6.92 Å². The van der Waals surface area contributed by atoms with Gasteiger partial charge in [-0.2, -0.15) is 0 Å². The van der Waals surface area contributed by atoms with E-state index < -0.39 is 5.82 Å². The predicted molar refractivity (Wildman–Crippen MR) is 75.5 cm³/mol. The summed E-state index contributed by atoms with van der Waals surface area (Å²) in [5, 5.41) is 2.71. The molecule has 0 spiro atoms. The van der Waals surface area contributed by atoms with Gasteiger partial charge in [-0.1, -0.05) is 11.6 Å². The molecule has 1 heterocycles. The molecule has 1 aromatic rings. The Morgan fingerprint density at radius 2 is 2.35 bits per heavy atom. The first-order valence-electron chi connectivity index (χ1n) is 6.62. The molecule has 4 nitrogen and oxygen atoms in total. The monoisotopic (exact) mass is 300 g/mol. The molecule has 0 radical (unpaired) electrons. The topological polar surface area (TPSA) is 64.3 Å². The average molecular weight is 301 g/mol. The zero-order chi connectivity index (χ0) is 14.9. The van der Waals surface area contributed by atoms with Crippen LogP contribution in [-0.4, -0.2) is 19.1 Å². The molecule has 1 amide bonds. The smallest absolute Gasteiger partial charge is 0.220 e. The minimum absolute atomic E-state index is 0.00935. The van der Waals surface area contributed by atoms with Crippen LogP contribution in [0.15, 0.2) is 6.07 Å². The fourth-order valence-corrected chi connectivity index (χ4v) is 2.69. The Hall–Kier alpha value is -1.33. The summed E-state index contributed by atoms with van der Waals surface area (Å²) in [5.74, 6) is -0.480. The summed E-state index contributed by atoms with van der Waals surface area (Å²) in [4.78, 5) is 11.4. The van der Waals surface area contributed by atoms with Gasteiger partial charge in [0, 0.05) is 36.1 Å². The minimum Gasteiger partial charge on any atom is -0.493 e. The SMILES string of the molecule is CCOc1c(C(C)N)cc(Cl)c(F)c1C1CNC(=O)C1. The van der Waals surface area contributed by atoms with Gasteiger partial charge in [0.1, 0.15) is 11.6 Å². The second kappa shape index (κ2) is 5.97. The number of hydrogen-bond donors (Lipinski definition) is 2. The van der Waals surface area contributed by atoms with Gasteiger partial charge in [0.25, 0.3) is 0 Å². The van der Waals surface area contributed by atoms with Crippen LogP contribution >= 0.6 is 11.6 Å². The van der Waals surface area contributed by atoms with Crippen LogP contribution in [0, 0.1) is 5.82 Å². The number of amides is 1. The highest BCUT2D eigenvalue weighted by atomic mass is 35.5. The summed E-state index contributed by atoms with van der Waals surface area (Å²) < 4.78 is 20.0. The van der Waals surface area contributed by atoms with Crippen molar-refractivity contribution in [2.45, 2.75) is 32.2 Å². The molecule has 3 N–H and O–H groups in total. The number of hydrogen-bond acceptors (Lipinski definition) is 3. The van der Waals surface area contributed by atoms with E-state index >= 15 is 0 Å². The van der Waals surface area contributed by atoms with Gasteiger partial charge in [-0.3, -0.25) is 4.79 Å². The summed E-state index contributed by atoms with van der Waals surface area (Å²) in [7, 11) is 0. The van der Waals surface area contributed by atoms with Gasteiger partial charge >= 0.3 is 0 Å². The highest BCUT2D eigenvalue weighted by Crippen LogP contribution is 2.41. The molecule has 20 heavy (non-hydrogen) atoms. The summed E-state index contributed by atoms with van der Waals surface area (Å²) >= 11 is 5.96. The van der Waals surface area contributed by atoms with Gasteiger partial charge in [0.2, 0.25) is 5.91 Å². The van der Waals surface area contributed by atoms with Crippen LogP contribution in [0.25, 0.3) is 0 Å². The van der Waals surface area contributed by atoms with Crippen molar-refractivity contribution in [3.63, 3.8) is 0 Å². The molecule has 0 aromatic heterocycles. The second-order valence-electron chi connectivity index (χ2n) is 4.93. The Morgan fingerprint density at radius 1 is 1.65 bits per heavy atom. The van der Waals surface area contributed by atoms with Crippen LogP contribution < -0.4 is 15.8 Å². The largest absolute Gasteiger partial charge is 0.493 e. The molecule has 0 saturated carbocycles. The van der Waals surface area contributed by atoms with Crippen LogP contribution in [0.2, 0.25) is 5.02 Å². The molecule has 1 aliphatic heterocycles. The second-order valence-corrected chi connectivity index (χ2v) is 5.34. The molecule has 0 aliphatic carbocycles. The lowest BCUT2D eigenvalue weighted by Crippen LogP contribution is -2.16. The number of nitrogens with one attached hydrogen (secondary N) is 1. The number of carbonyl (C=O) groups excluding carboxylic acids is 1. The first-order chi connectivity index (χ1) is 9.45. The highest BCUT2D eigenvalue weighted by Gasteiger charge is 2.31. The van der Waals surface area contributed by atoms with E-state index in [-0.39, 0.29) is 29.3 Å². The van der Waals surface area contributed by atoms with Crippen molar-refractivity contribution >= 4 is 17.5 Å². The molecule has 1 fully saturated rings. The standard InChI is InChI=1S/C14H18ClFN2O2/c1-3-20-14-9(7(2)17)5-10(15)13(16)12(14)8-4-11(19)18-6-8/h5,7-8H,3-4,6,17H2,1-2H3,(H,18,19). The van der Waals surface area contributed by atoms with Crippen molar-refractivity contribution in [3.8, 4) is 5.75 Å². The number of ether oxygens (including phenoxy) is 1. The van der Waals surface area contributed by atoms with Crippen LogP contribution in [0.3, 0.4) is 0 Å². The van der Waals surface area contributed by atoms with Crippen LogP contribution in [0.4, 0.5) is 4.39 Å². The molecular weight excluding hydrogens is 283 g/mol. The fraction of sp³-hybridized carbons (Fsp3) is 0.500. The highest BCUT2D eigenvalue weighted by molar-refractivity contribution is 6.31. The van der Waals surface area contributed by atoms with Crippen LogP contribution in [0.5, 0.6) is 5.75 Å². The maximum Gasteiger partial charge on any atom is 0.220 e. The molecular formula is C14H18ClFN2O2. The Morgan fingerprint density at radius 3 is 2.85 bits per heavy atom. The summed E-state index contributed by atoms with van der Waals surface area (Å²) in [5.41, 5.74) is 6.93. The van der Waals surface area contributed by atoms with Crippen LogP contribution in [-0.2, 0) is 4.79 Å². The van der Waals surface area contributed by atoms with E-state index in [9.17, 15) is 9.18 Å². The summed E-state index contributed by atoms with van der Waals surface area (Å²) in [6.45, 7) is 4.38. The number of nitrogens with two attached hydrogens (primary N) is 1. The third kappa shape index (κ3) is 2.74. The number of carbonyl (C=O) groups is 1.